The number of aromatic nitrogens is 3. The Morgan fingerprint density at radius 2 is 2.17 bits per heavy atom. The maximum absolute atomic E-state index is 12.8. The van der Waals surface area contributed by atoms with E-state index < -0.39 is 0 Å². The van der Waals surface area contributed by atoms with E-state index in [0.717, 1.165) is 23.8 Å². The standard InChI is InChI=1S/C18H24N4O2/c1-10(2)16-19-17(21-20-16)14-9-22(8-13(14)12-4-5-12)18(23)15-11(3)6-7-24-15/h6-7,10,12-14H,4-5,8-9H2,1-3H3,(H,19,20,21)/t13-,14+/m1/s1. The average molecular weight is 328 g/mol. The van der Waals surface area contributed by atoms with Crippen LogP contribution < -0.4 is 0 Å². The van der Waals surface area contributed by atoms with E-state index in [0.29, 0.717) is 30.1 Å². The third-order valence-corrected chi connectivity index (χ3v) is 5.32. The molecule has 2 aromatic rings. The monoisotopic (exact) mass is 328 g/mol. The van der Waals surface area contributed by atoms with E-state index in [4.69, 9.17) is 9.40 Å². The summed E-state index contributed by atoms with van der Waals surface area (Å²) in [6.45, 7) is 7.57. The van der Waals surface area contributed by atoms with Gasteiger partial charge in [0, 0.05) is 30.5 Å². The Labute approximate surface area is 141 Å². The summed E-state index contributed by atoms with van der Waals surface area (Å²) in [6.07, 6.45) is 4.10. The lowest BCUT2D eigenvalue weighted by Crippen LogP contribution is -2.29. The summed E-state index contributed by atoms with van der Waals surface area (Å²) in [5.74, 6) is 3.97. The highest BCUT2D eigenvalue weighted by Crippen LogP contribution is 2.47. The second kappa shape index (κ2) is 5.76. The predicted octanol–water partition coefficient (Wildman–Crippen LogP) is 3.10. The lowest BCUT2D eigenvalue weighted by atomic mass is 9.91. The van der Waals surface area contributed by atoms with Crippen molar-refractivity contribution >= 4 is 5.91 Å². The van der Waals surface area contributed by atoms with E-state index in [9.17, 15) is 4.79 Å². The minimum absolute atomic E-state index is 0.00533. The molecule has 1 saturated heterocycles. The highest BCUT2D eigenvalue weighted by Gasteiger charge is 2.46. The van der Waals surface area contributed by atoms with Gasteiger partial charge in [0.25, 0.3) is 5.91 Å². The van der Waals surface area contributed by atoms with Gasteiger partial charge in [0.15, 0.2) is 11.6 Å². The van der Waals surface area contributed by atoms with Crippen LogP contribution in [0, 0.1) is 18.8 Å². The van der Waals surface area contributed by atoms with Gasteiger partial charge in [0.05, 0.1) is 6.26 Å². The highest BCUT2D eigenvalue weighted by molar-refractivity contribution is 5.93. The molecule has 2 fully saturated rings. The molecule has 2 aromatic heterocycles. The zero-order valence-electron chi connectivity index (χ0n) is 14.5. The normalized spacial score (nSPS) is 24.1. The van der Waals surface area contributed by atoms with Crippen molar-refractivity contribution in [3.8, 4) is 0 Å². The third-order valence-electron chi connectivity index (χ3n) is 5.32. The molecule has 0 aromatic carbocycles. The van der Waals surface area contributed by atoms with E-state index in [2.05, 4.69) is 24.0 Å². The van der Waals surface area contributed by atoms with Crippen LogP contribution in [0.1, 0.15) is 66.3 Å². The third kappa shape index (κ3) is 2.64. The van der Waals surface area contributed by atoms with Crippen LogP contribution in [-0.2, 0) is 0 Å². The topological polar surface area (TPSA) is 75.0 Å². The Balaban J connectivity index is 1.57. The number of furan rings is 1. The zero-order valence-corrected chi connectivity index (χ0v) is 14.5. The van der Waals surface area contributed by atoms with Crippen molar-refractivity contribution in [2.24, 2.45) is 11.8 Å². The Morgan fingerprint density at radius 1 is 1.38 bits per heavy atom. The number of aryl methyl sites for hydroxylation is 1. The lowest BCUT2D eigenvalue weighted by Gasteiger charge is -2.15. The molecule has 24 heavy (non-hydrogen) atoms. The summed E-state index contributed by atoms with van der Waals surface area (Å²) in [4.78, 5) is 19.4. The minimum Gasteiger partial charge on any atom is -0.459 e. The first kappa shape index (κ1) is 15.4. The molecule has 1 saturated carbocycles. The number of carbonyl (C=O) groups is 1. The van der Waals surface area contributed by atoms with E-state index in [1.54, 1.807) is 6.26 Å². The summed E-state index contributed by atoms with van der Waals surface area (Å²) in [5, 5.41) is 7.48. The molecular formula is C18H24N4O2. The number of likely N-dealkylation sites (tertiary alicyclic amines) is 1. The molecule has 1 aliphatic heterocycles. The molecule has 6 nitrogen and oxygen atoms in total. The first-order valence-electron chi connectivity index (χ1n) is 8.80. The van der Waals surface area contributed by atoms with Gasteiger partial charge < -0.3 is 9.32 Å². The molecule has 1 aliphatic carbocycles. The van der Waals surface area contributed by atoms with Gasteiger partial charge >= 0.3 is 0 Å². The highest BCUT2D eigenvalue weighted by atomic mass is 16.3. The number of hydrogen-bond acceptors (Lipinski definition) is 4. The van der Waals surface area contributed by atoms with Crippen LogP contribution in [0.5, 0.6) is 0 Å². The minimum atomic E-state index is -0.00533. The zero-order chi connectivity index (χ0) is 16.8. The van der Waals surface area contributed by atoms with Crippen LogP contribution in [0.2, 0.25) is 0 Å². The second-order valence-corrected chi connectivity index (χ2v) is 7.48. The molecule has 2 atom stereocenters. The maximum atomic E-state index is 12.8. The summed E-state index contributed by atoms with van der Waals surface area (Å²) >= 11 is 0. The molecule has 128 valence electrons. The summed E-state index contributed by atoms with van der Waals surface area (Å²) < 4.78 is 5.40. The quantitative estimate of drug-likeness (QED) is 0.936. The van der Waals surface area contributed by atoms with Crippen LogP contribution in [0.4, 0.5) is 0 Å². The second-order valence-electron chi connectivity index (χ2n) is 7.48. The van der Waals surface area contributed by atoms with Crippen molar-refractivity contribution in [1.29, 1.82) is 0 Å². The average Bonchev–Trinajstić information content (AvgIpc) is 2.99. The fourth-order valence-electron chi connectivity index (χ4n) is 3.73. The fourth-order valence-corrected chi connectivity index (χ4v) is 3.73. The van der Waals surface area contributed by atoms with Gasteiger partial charge in [0.2, 0.25) is 0 Å². The van der Waals surface area contributed by atoms with Gasteiger partial charge in [-0.25, -0.2) is 4.98 Å². The lowest BCUT2D eigenvalue weighted by molar-refractivity contribution is 0.0752. The van der Waals surface area contributed by atoms with Crippen LogP contribution in [0.15, 0.2) is 16.7 Å². The number of aromatic amines is 1. The summed E-state index contributed by atoms with van der Waals surface area (Å²) in [6, 6.07) is 1.84. The molecule has 0 spiro atoms. The van der Waals surface area contributed by atoms with Gasteiger partial charge in [-0.1, -0.05) is 13.8 Å². The van der Waals surface area contributed by atoms with E-state index in [1.165, 1.54) is 12.8 Å². The first-order chi connectivity index (χ1) is 11.5. The number of amides is 1. The van der Waals surface area contributed by atoms with Gasteiger partial charge in [-0.15, -0.1) is 0 Å². The number of H-pyrrole nitrogens is 1. The first-order valence-corrected chi connectivity index (χ1v) is 8.80. The predicted molar refractivity (Wildman–Crippen MR) is 88.8 cm³/mol. The van der Waals surface area contributed by atoms with Crippen molar-refractivity contribution < 1.29 is 9.21 Å². The Hall–Kier alpha value is -2.11. The van der Waals surface area contributed by atoms with Crippen LogP contribution in [-0.4, -0.2) is 39.1 Å². The molecule has 3 heterocycles. The van der Waals surface area contributed by atoms with Crippen LogP contribution in [0.3, 0.4) is 0 Å². The van der Waals surface area contributed by atoms with Gasteiger partial charge in [-0.3, -0.25) is 9.89 Å². The Bertz CT molecular complexity index is 744. The number of carbonyl (C=O) groups excluding carboxylic acids is 1. The van der Waals surface area contributed by atoms with E-state index >= 15 is 0 Å². The maximum Gasteiger partial charge on any atom is 0.289 e. The Kier molecular flexibility index (Phi) is 3.70. The van der Waals surface area contributed by atoms with Crippen LogP contribution >= 0.6 is 0 Å². The van der Waals surface area contributed by atoms with Crippen molar-refractivity contribution in [2.45, 2.75) is 45.4 Å². The van der Waals surface area contributed by atoms with Crippen LogP contribution in [0.25, 0.3) is 0 Å². The molecule has 6 heteroatoms. The van der Waals surface area contributed by atoms with Gasteiger partial charge in [-0.2, -0.15) is 5.10 Å². The number of nitrogens with one attached hydrogen (secondary N) is 1. The molecule has 2 aliphatic rings. The number of hydrogen-bond donors (Lipinski definition) is 1. The van der Waals surface area contributed by atoms with Crippen molar-refractivity contribution in [3.05, 3.63) is 35.3 Å². The molecule has 0 unspecified atom stereocenters. The fraction of sp³-hybridized carbons (Fsp3) is 0.611. The van der Waals surface area contributed by atoms with E-state index in [1.807, 2.05) is 17.9 Å². The Morgan fingerprint density at radius 3 is 2.75 bits per heavy atom. The molecule has 0 radical (unpaired) electrons. The molecule has 4 rings (SSSR count). The summed E-state index contributed by atoms with van der Waals surface area (Å²) in [5.41, 5.74) is 0.896. The molecule has 1 N–H and O–H groups in total. The number of nitrogens with zero attached hydrogens (tertiary/aromatic N) is 3. The molecular weight excluding hydrogens is 304 g/mol. The van der Waals surface area contributed by atoms with E-state index in [-0.39, 0.29) is 11.8 Å². The van der Waals surface area contributed by atoms with Gasteiger partial charge in [0.1, 0.15) is 5.82 Å². The van der Waals surface area contributed by atoms with Crippen molar-refractivity contribution in [1.82, 2.24) is 20.1 Å². The smallest absolute Gasteiger partial charge is 0.289 e. The summed E-state index contributed by atoms with van der Waals surface area (Å²) in [7, 11) is 0. The SMILES string of the molecule is Cc1ccoc1C(=O)N1C[C@H](c2nc(C(C)C)n[nH]2)[C@@H](C2CC2)C1. The largest absolute Gasteiger partial charge is 0.459 e. The van der Waals surface area contributed by atoms with Crippen molar-refractivity contribution in [3.63, 3.8) is 0 Å². The number of rotatable bonds is 4. The van der Waals surface area contributed by atoms with Gasteiger partial charge in [-0.05, 0) is 37.7 Å². The van der Waals surface area contributed by atoms with Crippen molar-refractivity contribution in [2.75, 3.05) is 13.1 Å². The molecule has 0 bridgehead atoms. The molecule has 1 amide bonds.